The standard InChI is InChI=1S/C13H17BrFN/c14-11-5-6-12(15)10(8-11)7-9-3-1-2-4-13(9)16/h5-6,8-9,13H,1-4,7,16H2. The predicted molar refractivity (Wildman–Crippen MR) is 67.7 cm³/mol. The Hall–Kier alpha value is -0.410. The Morgan fingerprint density at radius 2 is 2.06 bits per heavy atom. The minimum atomic E-state index is -0.110. The summed E-state index contributed by atoms with van der Waals surface area (Å²) in [5, 5.41) is 0. The lowest BCUT2D eigenvalue weighted by molar-refractivity contribution is 0.304. The van der Waals surface area contributed by atoms with Crippen LogP contribution in [0.4, 0.5) is 4.39 Å². The van der Waals surface area contributed by atoms with E-state index in [1.807, 2.05) is 6.07 Å². The van der Waals surface area contributed by atoms with Crippen LogP contribution in [-0.4, -0.2) is 6.04 Å². The summed E-state index contributed by atoms with van der Waals surface area (Å²) < 4.78 is 14.5. The summed E-state index contributed by atoms with van der Waals surface area (Å²) in [6, 6.07) is 5.37. The summed E-state index contributed by atoms with van der Waals surface area (Å²) in [6.45, 7) is 0. The third-order valence-corrected chi connectivity index (χ3v) is 3.95. The average Bonchev–Trinajstić information content (AvgIpc) is 2.27. The van der Waals surface area contributed by atoms with Gasteiger partial charge in [-0.2, -0.15) is 0 Å². The molecule has 2 rings (SSSR count). The van der Waals surface area contributed by atoms with Gasteiger partial charge >= 0.3 is 0 Å². The number of hydrogen-bond donors (Lipinski definition) is 1. The van der Waals surface area contributed by atoms with Crippen molar-refractivity contribution >= 4 is 15.9 Å². The monoisotopic (exact) mass is 285 g/mol. The second kappa shape index (κ2) is 5.28. The van der Waals surface area contributed by atoms with E-state index >= 15 is 0 Å². The molecule has 0 heterocycles. The number of hydrogen-bond acceptors (Lipinski definition) is 1. The van der Waals surface area contributed by atoms with Crippen molar-refractivity contribution in [2.24, 2.45) is 11.7 Å². The molecule has 0 saturated heterocycles. The number of halogens is 2. The van der Waals surface area contributed by atoms with Gasteiger partial charge in [-0.15, -0.1) is 0 Å². The number of nitrogens with two attached hydrogens (primary N) is 1. The number of benzene rings is 1. The average molecular weight is 286 g/mol. The van der Waals surface area contributed by atoms with Crippen molar-refractivity contribution in [3.05, 3.63) is 34.1 Å². The van der Waals surface area contributed by atoms with Gasteiger partial charge in [0, 0.05) is 10.5 Å². The Morgan fingerprint density at radius 1 is 1.31 bits per heavy atom. The van der Waals surface area contributed by atoms with Gasteiger partial charge in [-0.1, -0.05) is 28.8 Å². The van der Waals surface area contributed by atoms with Crippen LogP contribution in [-0.2, 0) is 6.42 Å². The van der Waals surface area contributed by atoms with Crippen molar-refractivity contribution in [1.82, 2.24) is 0 Å². The van der Waals surface area contributed by atoms with Crippen molar-refractivity contribution < 1.29 is 4.39 Å². The van der Waals surface area contributed by atoms with Gasteiger partial charge in [-0.25, -0.2) is 4.39 Å². The third kappa shape index (κ3) is 2.83. The van der Waals surface area contributed by atoms with Crippen molar-refractivity contribution in [3.8, 4) is 0 Å². The van der Waals surface area contributed by atoms with Crippen LogP contribution in [0.3, 0.4) is 0 Å². The van der Waals surface area contributed by atoms with Gasteiger partial charge < -0.3 is 5.73 Å². The van der Waals surface area contributed by atoms with E-state index in [1.54, 1.807) is 6.07 Å². The van der Waals surface area contributed by atoms with E-state index in [0.717, 1.165) is 29.3 Å². The molecule has 0 spiro atoms. The van der Waals surface area contributed by atoms with E-state index in [9.17, 15) is 4.39 Å². The highest BCUT2D eigenvalue weighted by atomic mass is 79.9. The van der Waals surface area contributed by atoms with Crippen molar-refractivity contribution in [3.63, 3.8) is 0 Å². The molecule has 2 atom stereocenters. The van der Waals surface area contributed by atoms with E-state index in [0.29, 0.717) is 5.92 Å². The van der Waals surface area contributed by atoms with E-state index in [4.69, 9.17) is 5.73 Å². The summed E-state index contributed by atoms with van der Waals surface area (Å²) in [4.78, 5) is 0. The highest BCUT2D eigenvalue weighted by molar-refractivity contribution is 9.10. The topological polar surface area (TPSA) is 26.0 Å². The molecule has 1 aliphatic rings. The quantitative estimate of drug-likeness (QED) is 0.882. The summed E-state index contributed by atoms with van der Waals surface area (Å²) >= 11 is 3.38. The first-order valence-corrected chi connectivity index (χ1v) is 6.65. The molecule has 0 radical (unpaired) electrons. The van der Waals surface area contributed by atoms with E-state index in [-0.39, 0.29) is 11.9 Å². The van der Waals surface area contributed by atoms with Gasteiger partial charge in [0.25, 0.3) is 0 Å². The molecule has 0 amide bonds. The maximum absolute atomic E-state index is 13.6. The van der Waals surface area contributed by atoms with Gasteiger partial charge in [-0.05, 0) is 48.9 Å². The van der Waals surface area contributed by atoms with Gasteiger partial charge in [0.2, 0.25) is 0 Å². The van der Waals surface area contributed by atoms with Crippen molar-refractivity contribution in [1.29, 1.82) is 0 Å². The minimum absolute atomic E-state index is 0.110. The molecule has 1 aromatic rings. The SMILES string of the molecule is NC1CCCCC1Cc1cc(Br)ccc1F. The van der Waals surface area contributed by atoms with Gasteiger partial charge in [0.05, 0.1) is 0 Å². The predicted octanol–water partition coefficient (Wildman–Crippen LogP) is 3.65. The fraction of sp³-hybridized carbons (Fsp3) is 0.538. The van der Waals surface area contributed by atoms with E-state index < -0.39 is 0 Å². The molecule has 2 N–H and O–H groups in total. The molecular weight excluding hydrogens is 269 g/mol. The molecule has 1 aromatic carbocycles. The van der Waals surface area contributed by atoms with Crippen LogP contribution in [0.1, 0.15) is 31.2 Å². The van der Waals surface area contributed by atoms with Gasteiger partial charge in [0.15, 0.2) is 0 Å². The van der Waals surface area contributed by atoms with Crippen LogP contribution in [0.5, 0.6) is 0 Å². The lowest BCUT2D eigenvalue weighted by atomic mass is 9.81. The summed E-state index contributed by atoms with van der Waals surface area (Å²) in [6.07, 6.45) is 5.44. The highest BCUT2D eigenvalue weighted by Gasteiger charge is 2.22. The van der Waals surface area contributed by atoms with Crippen molar-refractivity contribution in [2.45, 2.75) is 38.1 Å². The van der Waals surface area contributed by atoms with Crippen molar-refractivity contribution in [2.75, 3.05) is 0 Å². The second-order valence-electron chi connectivity index (χ2n) is 4.65. The molecule has 16 heavy (non-hydrogen) atoms. The van der Waals surface area contributed by atoms with Crippen LogP contribution in [0.15, 0.2) is 22.7 Å². The summed E-state index contributed by atoms with van der Waals surface area (Å²) in [5.41, 5.74) is 6.87. The normalized spacial score (nSPS) is 25.7. The lowest BCUT2D eigenvalue weighted by Gasteiger charge is -2.28. The molecule has 3 heteroatoms. The van der Waals surface area contributed by atoms with Crippen LogP contribution in [0.2, 0.25) is 0 Å². The Balaban J connectivity index is 2.10. The smallest absolute Gasteiger partial charge is 0.126 e. The second-order valence-corrected chi connectivity index (χ2v) is 5.56. The minimum Gasteiger partial charge on any atom is -0.327 e. The Morgan fingerprint density at radius 3 is 2.81 bits per heavy atom. The molecular formula is C13H17BrFN. The zero-order valence-electron chi connectivity index (χ0n) is 9.26. The molecule has 1 aliphatic carbocycles. The molecule has 0 aromatic heterocycles. The zero-order chi connectivity index (χ0) is 11.5. The van der Waals surface area contributed by atoms with E-state index in [1.165, 1.54) is 18.9 Å². The summed E-state index contributed by atoms with van der Waals surface area (Å²) in [7, 11) is 0. The zero-order valence-corrected chi connectivity index (χ0v) is 10.8. The fourth-order valence-electron chi connectivity index (χ4n) is 2.47. The first-order chi connectivity index (χ1) is 7.66. The Bertz CT molecular complexity index is 367. The maximum atomic E-state index is 13.6. The van der Waals surface area contributed by atoms with Gasteiger partial charge in [-0.3, -0.25) is 0 Å². The molecule has 1 fully saturated rings. The first kappa shape index (κ1) is 12.1. The largest absolute Gasteiger partial charge is 0.327 e. The molecule has 1 nitrogen and oxygen atoms in total. The Kier molecular flexibility index (Phi) is 3.98. The van der Waals surface area contributed by atoms with Crippen LogP contribution >= 0.6 is 15.9 Å². The first-order valence-electron chi connectivity index (χ1n) is 5.86. The molecule has 2 unspecified atom stereocenters. The van der Waals surface area contributed by atoms with Crippen LogP contribution < -0.4 is 5.73 Å². The molecule has 88 valence electrons. The summed E-state index contributed by atoms with van der Waals surface area (Å²) in [5.74, 6) is 0.332. The fourth-order valence-corrected chi connectivity index (χ4v) is 2.88. The van der Waals surface area contributed by atoms with E-state index in [2.05, 4.69) is 15.9 Å². The number of rotatable bonds is 2. The lowest BCUT2D eigenvalue weighted by Crippen LogP contribution is -2.34. The highest BCUT2D eigenvalue weighted by Crippen LogP contribution is 2.28. The van der Waals surface area contributed by atoms with Crippen LogP contribution in [0, 0.1) is 11.7 Å². The molecule has 1 saturated carbocycles. The molecule has 0 bridgehead atoms. The maximum Gasteiger partial charge on any atom is 0.126 e. The Labute approximate surface area is 104 Å². The van der Waals surface area contributed by atoms with Crippen LogP contribution in [0.25, 0.3) is 0 Å². The molecule has 0 aliphatic heterocycles. The third-order valence-electron chi connectivity index (χ3n) is 3.46. The van der Waals surface area contributed by atoms with Gasteiger partial charge in [0.1, 0.15) is 5.82 Å².